The van der Waals surface area contributed by atoms with Crippen molar-refractivity contribution in [2.24, 2.45) is 10.7 Å². The van der Waals surface area contributed by atoms with Crippen LogP contribution in [0, 0.1) is 0 Å². The molecule has 9 heteroatoms. The van der Waals surface area contributed by atoms with Gasteiger partial charge in [-0.25, -0.2) is 9.79 Å². The van der Waals surface area contributed by atoms with Crippen molar-refractivity contribution in [1.82, 2.24) is 20.4 Å². The first kappa shape index (κ1) is 21.5. The van der Waals surface area contributed by atoms with E-state index < -0.39 is 5.66 Å². The lowest BCUT2D eigenvalue weighted by atomic mass is 10.1. The molecule has 31 heavy (non-hydrogen) atoms. The molecular formula is C22H32N6O3. The molecule has 9 nitrogen and oxygen atoms in total. The van der Waals surface area contributed by atoms with Crippen LogP contribution in [-0.4, -0.2) is 60.4 Å². The van der Waals surface area contributed by atoms with Crippen LogP contribution in [0.15, 0.2) is 40.8 Å². The maximum absolute atomic E-state index is 12.8. The van der Waals surface area contributed by atoms with Crippen molar-refractivity contribution in [1.29, 1.82) is 0 Å². The van der Waals surface area contributed by atoms with Crippen LogP contribution in [0.5, 0.6) is 0 Å². The molecule has 3 heterocycles. The number of hydrogen-bond donors (Lipinski definition) is 3. The van der Waals surface area contributed by atoms with Gasteiger partial charge in [-0.2, -0.15) is 0 Å². The third-order valence-electron chi connectivity index (χ3n) is 5.89. The highest BCUT2D eigenvalue weighted by Crippen LogP contribution is 2.35. The number of amidine groups is 1. The minimum Gasteiger partial charge on any atom is -0.465 e. The summed E-state index contributed by atoms with van der Waals surface area (Å²) in [6.45, 7) is 9.24. The number of amides is 2. The first-order valence-corrected chi connectivity index (χ1v) is 11.0. The molecule has 0 aliphatic carbocycles. The Labute approximate surface area is 183 Å². The van der Waals surface area contributed by atoms with Crippen LogP contribution in [0.1, 0.15) is 37.8 Å². The van der Waals surface area contributed by atoms with Gasteiger partial charge >= 0.3 is 6.03 Å². The van der Waals surface area contributed by atoms with E-state index in [9.17, 15) is 4.79 Å². The average Bonchev–Trinajstić information content (AvgIpc) is 3.00. The van der Waals surface area contributed by atoms with Gasteiger partial charge < -0.3 is 20.5 Å². The standard InChI is InChI=1S/C22H32N6O3/c1-3-4-10-31-20-25-19(23)18-22(2,26-20)28(21(29)24-18)15-17-7-5-6-16(13-17)14-27-8-11-30-12-9-27/h5-7,13H,3-4,8-12,14-15,23H2,1-2H3,(H,24,29)(H,25,26). The second kappa shape index (κ2) is 9.15. The van der Waals surface area contributed by atoms with E-state index in [0.717, 1.165) is 51.3 Å². The zero-order valence-electron chi connectivity index (χ0n) is 18.3. The summed E-state index contributed by atoms with van der Waals surface area (Å²) in [5.41, 5.74) is 8.08. The van der Waals surface area contributed by atoms with Gasteiger partial charge in [0, 0.05) is 19.6 Å². The third-order valence-corrected chi connectivity index (χ3v) is 5.89. The van der Waals surface area contributed by atoms with Crippen molar-refractivity contribution < 1.29 is 14.3 Å². The van der Waals surface area contributed by atoms with Crippen molar-refractivity contribution >= 4 is 12.1 Å². The Morgan fingerprint density at radius 3 is 2.71 bits per heavy atom. The molecular weight excluding hydrogens is 396 g/mol. The highest BCUT2D eigenvalue weighted by molar-refractivity contribution is 5.86. The first-order chi connectivity index (χ1) is 15.0. The summed E-state index contributed by atoms with van der Waals surface area (Å²) in [6, 6.07) is 8.47. The fraction of sp³-hybridized carbons (Fsp3) is 0.545. The molecule has 3 aliphatic rings. The van der Waals surface area contributed by atoms with E-state index in [0.29, 0.717) is 30.7 Å². The summed E-state index contributed by atoms with van der Waals surface area (Å²) in [5, 5.41) is 5.84. The second-order valence-corrected chi connectivity index (χ2v) is 8.28. The number of carbonyl (C=O) groups is 1. The van der Waals surface area contributed by atoms with Crippen LogP contribution in [0.2, 0.25) is 0 Å². The number of nitrogens with two attached hydrogens (primary N) is 1. The molecule has 1 atom stereocenters. The predicted octanol–water partition coefficient (Wildman–Crippen LogP) is 1.66. The van der Waals surface area contributed by atoms with Crippen molar-refractivity contribution in [2.45, 2.75) is 45.4 Å². The maximum atomic E-state index is 12.8. The van der Waals surface area contributed by atoms with Crippen LogP contribution >= 0.6 is 0 Å². The van der Waals surface area contributed by atoms with Gasteiger partial charge in [-0.15, -0.1) is 0 Å². The van der Waals surface area contributed by atoms with Crippen LogP contribution in [0.3, 0.4) is 0 Å². The zero-order chi connectivity index (χ0) is 21.8. The fourth-order valence-electron chi connectivity index (χ4n) is 4.10. The van der Waals surface area contributed by atoms with Gasteiger partial charge in [0.05, 0.1) is 26.4 Å². The van der Waals surface area contributed by atoms with Crippen LogP contribution in [0.4, 0.5) is 4.79 Å². The van der Waals surface area contributed by atoms with Crippen molar-refractivity contribution in [3.05, 3.63) is 46.9 Å². The zero-order valence-corrected chi connectivity index (χ0v) is 18.3. The van der Waals surface area contributed by atoms with Gasteiger partial charge in [-0.1, -0.05) is 37.6 Å². The van der Waals surface area contributed by atoms with E-state index in [1.165, 1.54) is 5.56 Å². The smallest absolute Gasteiger partial charge is 0.324 e. The van der Waals surface area contributed by atoms with Gasteiger partial charge in [0.2, 0.25) is 0 Å². The Kier molecular flexibility index (Phi) is 6.33. The highest BCUT2D eigenvalue weighted by Gasteiger charge is 2.50. The van der Waals surface area contributed by atoms with Gasteiger partial charge in [0.1, 0.15) is 11.5 Å². The second-order valence-electron chi connectivity index (χ2n) is 8.28. The normalized spacial score (nSPS) is 23.9. The quantitative estimate of drug-likeness (QED) is 0.571. The number of rotatable bonds is 7. The molecule has 2 fully saturated rings. The largest absolute Gasteiger partial charge is 0.465 e. The Hall–Kier alpha value is -2.78. The number of morpholine rings is 1. The molecule has 1 aromatic rings. The predicted molar refractivity (Wildman–Crippen MR) is 118 cm³/mol. The number of aliphatic imine (C=N–C) groups is 1. The monoisotopic (exact) mass is 428 g/mol. The van der Waals surface area contributed by atoms with Crippen molar-refractivity contribution in [2.75, 3.05) is 32.9 Å². The molecule has 0 saturated carbocycles. The number of nitrogens with zero attached hydrogens (tertiary/aromatic N) is 3. The number of nitrogens with one attached hydrogen (secondary N) is 2. The van der Waals surface area contributed by atoms with Crippen LogP contribution in [0.25, 0.3) is 0 Å². The molecule has 4 N–H and O–H groups in total. The molecule has 0 aromatic heterocycles. The van der Waals surface area contributed by atoms with Gasteiger partial charge in [0.15, 0.2) is 5.66 Å². The Bertz CT molecular complexity index is 880. The Morgan fingerprint density at radius 1 is 1.23 bits per heavy atom. The average molecular weight is 429 g/mol. The lowest BCUT2D eigenvalue weighted by Gasteiger charge is -2.34. The first-order valence-electron chi connectivity index (χ1n) is 11.0. The molecule has 1 unspecified atom stereocenters. The van der Waals surface area contributed by atoms with E-state index >= 15 is 0 Å². The van der Waals surface area contributed by atoms with Crippen molar-refractivity contribution in [3.63, 3.8) is 0 Å². The van der Waals surface area contributed by atoms with Crippen molar-refractivity contribution in [3.8, 4) is 0 Å². The molecule has 0 bridgehead atoms. The lowest BCUT2D eigenvalue weighted by Crippen LogP contribution is -2.49. The number of benzene rings is 1. The molecule has 0 radical (unpaired) electrons. The summed E-state index contributed by atoms with van der Waals surface area (Å²) in [4.78, 5) is 21.6. The van der Waals surface area contributed by atoms with Gasteiger partial charge in [-0.3, -0.25) is 15.1 Å². The van der Waals surface area contributed by atoms with E-state index in [1.807, 2.05) is 19.1 Å². The molecule has 1 aromatic carbocycles. The van der Waals surface area contributed by atoms with E-state index in [2.05, 4.69) is 34.6 Å². The minimum atomic E-state index is -0.936. The molecule has 0 spiro atoms. The topological polar surface area (TPSA) is 104 Å². The summed E-state index contributed by atoms with van der Waals surface area (Å²) in [7, 11) is 0. The van der Waals surface area contributed by atoms with Gasteiger partial charge in [0.25, 0.3) is 6.02 Å². The van der Waals surface area contributed by atoms with E-state index in [1.54, 1.807) is 4.90 Å². The number of carbonyl (C=O) groups excluding carboxylic acids is 1. The highest BCUT2D eigenvalue weighted by atomic mass is 16.5. The number of urea groups is 1. The fourth-order valence-corrected chi connectivity index (χ4v) is 4.10. The number of unbranched alkanes of at least 4 members (excludes halogenated alkanes) is 1. The molecule has 168 valence electrons. The summed E-state index contributed by atoms with van der Waals surface area (Å²) in [5.74, 6) is 0.362. The number of ether oxygens (including phenoxy) is 2. The summed E-state index contributed by atoms with van der Waals surface area (Å²) < 4.78 is 11.2. The van der Waals surface area contributed by atoms with Gasteiger partial charge in [-0.05, 0) is 24.5 Å². The molecule has 2 amide bonds. The third kappa shape index (κ3) is 4.62. The minimum absolute atomic E-state index is 0.223. The molecule has 2 saturated heterocycles. The number of fused-ring (bicyclic) bond motifs is 1. The number of hydrogen-bond acceptors (Lipinski definition) is 7. The Morgan fingerprint density at radius 2 is 1.97 bits per heavy atom. The summed E-state index contributed by atoms with van der Waals surface area (Å²) in [6.07, 6.45) is 1.94. The molecule has 4 rings (SSSR count). The van der Waals surface area contributed by atoms with Crippen LogP contribution < -0.4 is 16.4 Å². The van der Waals surface area contributed by atoms with Crippen LogP contribution in [-0.2, 0) is 22.6 Å². The Balaban J connectivity index is 1.51. The summed E-state index contributed by atoms with van der Waals surface area (Å²) >= 11 is 0. The SMILES string of the molecule is CCCCOC1=NC2(C)C(=C(N)N1)NC(=O)N2Cc1cccc(CN2CCOCC2)c1. The molecule has 3 aliphatic heterocycles. The van der Waals surface area contributed by atoms with E-state index in [4.69, 9.17) is 20.2 Å². The van der Waals surface area contributed by atoms with E-state index in [-0.39, 0.29) is 6.03 Å². The lowest BCUT2D eigenvalue weighted by molar-refractivity contribution is 0.0342. The maximum Gasteiger partial charge on any atom is 0.324 e.